The average molecular weight is 299 g/mol. The summed E-state index contributed by atoms with van der Waals surface area (Å²) in [4.78, 5) is 11.2. The molecule has 0 amide bonds. The lowest BCUT2D eigenvalue weighted by molar-refractivity contribution is -0.140. The molecular weight excluding hydrogens is 278 g/mol. The number of hydrogen-bond donors (Lipinski definition) is 1. The molecule has 0 heterocycles. The molecule has 22 heavy (non-hydrogen) atoms. The van der Waals surface area contributed by atoms with Gasteiger partial charge >= 0.3 is 5.97 Å². The van der Waals surface area contributed by atoms with Gasteiger partial charge in [0, 0.05) is 6.04 Å². The highest BCUT2D eigenvalue weighted by atomic mass is 16.5. The zero-order valence-electron chi connectivity index (χ0n) is 12.7. The monoisotopic (exact) mass is 299 g/mol. The predicted molar refractivity (Wildman–Crippen MR) is 85.5 cm³/mol. The van der Waals surface area contributed by atoms with Gasteiger partial charge < -0.3 is 15.2 Å². The third-order valence-electron chi connectivity index (χ3n) is 3.33. The van der Waals surface area contributed by atoms with Crippen LogP contribution in [0.4, 0.5) is 0 Å². The highest BCUT2D eigenvalue weighted by Crippen LogP contribution is 2.15. The third-order valence-corrected chi connectivity index (χ3v) is 3.33. The molecule has 1 unspecified atom stereocenters. The van der Waals surface area contributed by atoms with Crippen LogP contribution in [-0.4, -0.2) is 19.1 Å². The van der Waals surface area contributed by atoms with E-state index in [1.54, 1.807) is 0 Å². The van der Waals surface area contributed by atoms with E-state index in [1.807, 2.05) is 54.6 Å². The Kier molecular flexibility index (Phi) is 5.98. The lowest BCUT2D eigenvalue weighted by atomic mass is 10.0. The quantitative estimate of drug-likeness (QED) is 0.799. The van der Waals surface area contributed by atoms with E-state index in [-0.39, 0.29) is 18.4 Å². The van der Waals surface area contributed by atoms with Gasteiger partial charge in [-0.25, -0.2) is 0 Å². The Hall–Kier alpha value is -2.33. The van der Waals surface area contributed by atoms with Gasteiger partial charge in [-0.15, -0.1) is 0 Å². The molecule has 4 heteroatoms. The molecule has 2 aromatic rings. The van der Waals surface area contributed by atoms with E-state index in [1.165, 1.54) is 7.11 Å². The fourth-order valence-electron chi connectivity index (χ4n) is 2.13. The van der Waals surface area contributed by atoms with E-state index in [4.69, 9.17) is 10.5 Å². The van der Waals surface area contributed by atoms with Gasteiger partial charge in [-0.2, -0.15) is 0 Å². The Balaban J connectivity index is 1.83. The molecule has 4 nitrogen and oxygen atoms in total. The SMILES string of the molecule is COC(=O)CC(N)Cc1ccc(OCc2ccccc2)cc1. The van der Waals surface area contributed by atoms with E-state index < -0.39 is 0 Å². The minimum absolute atomic E-state index is 0.225. The Morgan fingerprint density at radius 3 is 2.36 bits per heavy atom. The van der Waals surface area contributed by atoms with Crippen LogP contribution < -0.4 is 10.5 Å². The molecule has 2 rings (SSSR count). The molecular formula is C18H21NO3. The van der Waals surface area contributed by atoms with Crippen LogP contribution in [-0.2, 0) is 22.6 Å². The summed E-state index contributed by atoms with van der Waals surface area (Å²) in [6.45, 7) is 0.544. The molecule has 0 saturated heterocycles. The summed E-state index contributed by atoms with van der Waals surface area (Å²) in [5.41, 5.74) is 8.13. The number of ether oxygens (including phenoxy) is 2. The van der Waals surface area contributed by atoms with Gasteiger partial charge in [0.25, 0.3) is 0 Å². The Labute approximate surface area is 130 Å². The van der Waals surface area contributed by atoms with E-state index in [0.717, 1.165) is 16.9 Å². The summed E-state index contributed by atoms with van der Waals surface area (Å²) in [6, 6.07) is 17.6. The second kappa shape index (κ2) is 8.20. The highest BCUT2D eigenvalue weighted by molar-refractivity contribution is 5.69. The third kappa shape index (κ3) is 5.22. The molecule has 0 aliphatic rings. The summed E-state index contributed by atoms with van der Waals surface area (Å²) in [6.07, 6.45) is 0.858. The average Bonchev–Trinajstić information content (AvgIpc) is 2.55. The first-order valence-corrected chi connectivity index (χ1v) is 7.25. The number of rotatable bonds is 7. The van der Waals surface area contributed by atoms with E-state index in [9.17, 15) is 4.79 Å². The van der Waals surface area contributed by atoms with Gasteiger partial charge in [0.05, 0.1) is 13.5 Å². The first kappa shape index (κ1) is 16.0. The molecule has 0 bridgehead atoms. The van der Waals surface area contributed by atoms with Crippen molar-refractivity contribution in [2.24, 2.45) is 5.73 Å². The number of methoxy groups -OCH3 is 1. The Morgan fingerprint density at radius 2 is 1.73 bits per heavy atom. The smallest absolute Gasteiger partial charge is 0.307 e. The molecule has 0 spiro atoms. The summed E-state index contributed by atoms with van der Waals surface area (Å²) in [5.74, 6) is 0.532. The van der Waals surface area contributed by atoms with Crippen molar-refractivity contribution in [1.82, 2.24) is 0 Å². The van der Waals surface area contributed by atoms with Crippen LogP contribution in [0, 0.1) is 0 Å². The molecule has 0 aliphatic carbocycles. The summed E-state index contributed by atoms with van der Waals surface area (Å²) < 4.78 is 10.3. The van der Waals surface area contributed by atoms with Gasteiger partial charge in [-0.1, -0.05) is 42.5 Å². The largest absolute Gasteiger partial charge is 0.489 e. The van der Waals surface area contributed by atoms with Crippen LogP contribution in [0.3, 0.4) is 0 Å². The van der Waals surface area contributed by atoms with Gasteiger partial charge in [-0.3, -0.25) is 4.79 Å². The van der Waals surface area contributed by atoms with Crippen LogP contribution in [0.2, 0.25) is 0 Å². The van der Waals surface area contributed by atoms with Gasteiger partial charge in [0.2, 0.25) is 0 Å². The maximum absolute atomic E-state index is 11.2. The van der Waals surface area contributed by atoms with E-state index in [2.05, 4.69) is 4.74 Å². The van der Waals surface area contributed by atoms with Crippen molar-refractivity contribution in [3.05, 3.63) is 65.7 Å². The minimum Gasteiger partial charge on any atom is -0.489 e. The van der Waals surface area contributed by atoms with Crippen LogP contribution in [0.25, 0.3) is 0 Å². The lowest BCUT2D eigenvalue weighted by Gasteiger charge is -2.11. The number of hydrogen-bond acceptors (Lipinski definition) is 4. The van der Waals surface area contributed by atoms with Crippen molar-refractivity contribution in [2.75, 3.05) is 7.11 Å². The molecule has 116 valence electrons. The van der Waals surface area contributed by atoms with Crippen molar-refractivity contribution in [3.63, 3.8) is 0 Å². The van der Waals surface area contributed by atoms with Crippen molar-refractivity contribution in [2.45, 2.75) is 25.5 Å². The second-order valence-electron chi connectivity index (χ2n) is 5.16. The Morgan fingerprint density at radius 1 is 1.05 bits per heavy atom. The standard InChI is InChI=1S/C18H21NO3/c1-21-18(20)12-16(19)11-14-7-9-17(10-8-14)22-13-15-5-3-2-4-6-15/h2-10,16H,11-13,19H2,1H3. The van der Waals surface area contributed by atoms with Gasteiger partial charge in [-0.05, 0) is 29.7 Å². The molecule has 0 saturated carbocycles. The number of carbonyl (C=O) groups is 1. The zero-order valence-corrected chi connectivity index (χ0v) is 12.7. The summed E-state index contributed by atoms with van der Waals surface area (Å²) >= 11 is 0. The summed E-state index contributed by atoms with van der Waals surface area (Å²) in [7, 11) is 1.37. The zero-order chi connectivity index (χ0) is 15.8. The normalized spacial score (nSPS) is 11.7. The molecule has 2 aromatic carbocycles. The molecule has 2 N–H and O–H groups in total. The maximum Gasteiger partial charge on any atom is 0.307 e. The second-order valence-corrected chi connectivity index (χ2v) is 5.16. The lowest BCUT2D eigenvalue weighted by Crippen LogP contribution is -2.26. The number of carbonyl (C=O) groups excluding carboxylic acids is 1. The van der Waals surface area contributed by atoms with Crippen LogP contribution in [0.5, 0.6) is 5.75 Å². The molecule has 0 fully saturated rings. The van der Waals surface area contributed by atoms with E-state index in [0.29, 0.717) is 13.0 Å². The first-order chi connectivity index (χ1) is 10.7. The first-order valence-electron chi connectivity index (χ1n) is 7.25. The number of esters is 1. The molecule has 0 radical (unpaired) electrons. The number of nitrogens with two attached hydrogens (primary N) is 1. The van der Waals surface area contributed by atoms with Crippen LogP contribution >= 0.6 is 0 Å². The van der Waals surface area contributed by atoms with Crippen LogP contribution in [0.1, 0.15) is 17.5 Å². The molecule has 0 aliphatic heterocycles. The van der Waals surface area contributed by atoms with Crippen molar-refractivity contribution in [3.8, 4) is 5.75 Å². The highest BCUT2D eigenvalue weighted by Gasteiger charge is 2.10. The Bertz CT molecular complexity index is 581. The van der Waals surface area contributed by atoms with Crippen molar-refractivity contribution < 1.29 is 14.3 Å². The van der Waals surface area contributed by atoms with Crippen molar-refractivity contribution >= 4 is 5.97 Å². The number of benzene rings is 2. The maximum atomic E-state index is 11.2. The summed E-state index contributed by atoms with van der Waals surface area (Å²) in [5, 5.41) is 0. The molecule has 1 atom stereocenters. The van der Waals surface area contributed by atoms with Crippen molar-refractivity contribution in [1.29, 1.82) is 0 Å². The fraction of sp³-hybridized carbons (Fsp3) is 0.278. The van der Waals surface area contributed by atoms with Gasteiger partial charge in [0.15, 0.2) is 0 Å². The van der Waals surface area contributed by atoms with Gasteiger partial charge in [0.1, 0.15) is 12.4 Å². The topological polar surface area (TPSA) is 61.5 Å². The van der Waals surface area contributed by atoms with E-state index >= 15 is 0 Å². The predicted octanol–water partition coefficient (Wildman–Crippen LogP) is 2.70. The minimum atomic E-state index is -0.282. The van der Waals surface area contributed by atoms with Crippen LogP contribution in [0.15, 0.2) is 54.6 Å². The molecule has 0 aromatic heterocycles. The fourth-order valence-corrected chi connectivity index (χ4v) is 2.13.